The first kappa shape index (κ1) is 17.2. The van der Waals surface area contributed by atoms with Crippen LogP contribution in [-0.2, 0) is 11.0 Å². The Kier molecular flexibility index (Phi) is 4.04. The van der Waals surface area contributed by atoms with E-state index in [-0.39, 0.29) is 16.0 Å². The van der Waals surface area contributed by atoms with Gasteiger partial charge < -0.3 is 10.2 Å². The first-order chi connectivity index (χ1) is 10.6. The van der Waals surface area contributed by atoms with E-state index in [1.807, 2.05) is 0 Å². The van der Waals surface area contributed by atoms with Gasteiger partial charge in [-0.25, -0.2) is 0 Å². The van der Waals surface area contributed by atoms with E-state index in [9.17, 15) is 0 Å². The summed E-state index contributed by atoms with van der Waals surface area (Å²) < 4.78 is 6.52. The van der Waals surface area contributed by atoms with E-state index in [0.717, 1.165) is 32.7 Å². The SMILES string of the molecule is CC(C)(C)[Si](C)(C)OCC12CN(Cc3ccccc3)CC1(N)C2. The van der Waals surface area contributed by atoms with Gasteiger partial charge in [-0.3, -0.25) is 4.90 Å². The van der Waals surface area contributed by atoms with Crippen LogP contribution in [0.5, 0.6) is 0 Å². The maximum atomic E-state index is 6.66. The summed E-state index contributed by atoms with van der Waals surface area (Å²) in [5.74, 6) is 0. The van der Waals surface area contributed by atoms with Gasteiger partial charge in [0.25, 0.3) is 0 Å². The molecule has 0 spiro atoms. The monoisotopic (exact) mass is 332 g/mol. The topological polar surface area (TPSA) is 38.5 Å². The quantitative estimate of drug-likeness (QED) is 0.837. The number of benzene rings is 1. The van der Waals surface area contributed by atoms with E-state index in [1.54, 1.807) is 0 Å². The van der Waals surface area contributed by atoms with Crippen LogP contribution in [0.2, 0.25) is 18.1 Å². The molecule has 0 amide bonds. The largest absolute Gasteiger partial charge is 0.416 e. The maximum Gasteiger partial charge on any atom is 0.192 e. The summed E-state index contributed by atoms with van der Waals surface area (Å²) in [6.45, 7) is 15.5. The van der Waals surface area contributed by atoms with Gasteiger partial charge in [-0.15, -0.1) is 0 Å². The predicted molar refractivity (Wildman–Crippen MR) is 98.8 cm³/mol. The molecule has 0 aromatic heterocycles. The number of fused-ring (bicyclic) bond motifs is 1. The van der Waals surface area contributed by atoms with Crippen molar-refractivity contribution in [3.8, 4) is 0 Å². The van der Waals surface area contributed by atoms with Crippen molar-refractivity contribution in [2.24, 2.45) is 11.1 Å². The van der Waals surface area contributed by atoms with Crippen LogP contribution < -0.4 is 5.73 Å². The van der Waals surface area contributed by atoms with Crippen LogP contribution in [0.15, 0.2) is 30.3 Å². The molecule has 1 aromatic carbocycles. The van der Waals surface area contributed by atoms with Gasteiger partial charge in [-0.1, -0.05) is 51.1 Å². The molecule has 1 heterocycles. The van der Waals surface area contributed by atoms with Crippen LogP contribution >= 0.6 is 0 Å². The van der Waals surface area contributed by atoms with E-state index in [0.29, 0.717) is 0 Å². The van der Waals surface area contributed by atoms with Gasteiger partial charge in [-0.05, 0) is 30.1 Å². The van der Waals surface area contributed by atoms with Gasteiger partial charge in [0.15, 0.2) is 8.32 Å². The summed E-state index contributed by atoms with van der Waals surface area (Å²) in [6, 6.07) is 10.7. The van der Waals surface area contributed by atoms with E-state index < -0.39 is 8.32 Å². The second-order valence-electron chi connectivity index (χ2n) is 9.29. The highest BCUT2D eigenvalue weighted by Crippen LogP contribution is 2.60. The Bertz CT molecular complexity index is 568. The molecular weight excluding hydrogens is 300 g/mol. The molecule has 23 heavy (non-hydrogen) atoms. The molecule has 3 nitrogen and oxygen atoms in total. The molecule has 1 aromatic rings. The van der Waals surface area contributed by atoms with Gasteiger partial charge in [0.1, 0.15) is 0 Å². The average molecular weight is 333 g/mol. The smallest absolute Gasteiger partial charge is 0.192 e. The first-order valence-electron chi connectivity index (χ1n) is 8.76. The lowest BCUT2D eigenvalue weighted by atomic mass is 10.1. The van der Waals surface area contributed by atoms with Gasteiger partial charge in [0, 0.05) is 37.2 Å². The lowest BCUT2D eigenvalue weighted by Gasteiger charge is -2.37. The van der Waals surface area contributed by atoms with Crippen molar-refractivity contribution in [1.82, 2.24) is 4.90 Å². The van der Waals surface area contributed by atoms with E-state index in [2.05, 4.69) is 69.1 Å². The Hall–Kier alpha value is -0.683. The molecule has 2 atom stereocenters. The number of hydrogen-bond donors (Lipinski definition) is 1. The number of hydrogen-bond acceptors (Lipinski definition) is 3. The summed E-state index contributed by atoms with van der Waals surface area (Å²) in [5, 5.41) is 0.262. The van der Waals surface area contributed by atoms with Gasteiger partial charge >= 0.3 is 0 Å². The van der Waals surface area contributed by atoms with E-state index in [1.165, 1.54) is 5.56 Å². The number of nitrogens with two attached hydrogens (primary N) is 1. The average Bonchev–Trinajstić information content (AvgIpc) is 2.90. The fraction of sp³-hybridized carbons (Fsp3) is 0.684. The zero-order valence-corrected chi connectivity index (χ0v) is 16.4. The number of piperidine rings is 1. The van der Waals surface area contributed by atoms with Crippen LogP contribution in [0.4, 0.5) is 0 Å². The van der Waals surface area contributed by atoms with Crippen molar-refractivity contribution in [3.63, 3.8) is 0 Å². The summed E-state index contributed by atoms with van der Waals surface area (Å²) in [6.07, 6.45) is 1.12. The van der Waals surface area contributed by atoms with Crippen LogP contribution in [0.25, 0.3) is 0 Å². The number of rotatable bonds is 5. The highest BCUT2D eigenvalue weighted by atomic mass is 28.4. The molecular formula is C19H32N2OSi. The molecule has 0 radical (unpaired) electrons. The Morgan fingerprint density at radius 3 is 2.43 bits per heavy atom. The third kappa shape index (κ3) is 3.14. The molecule has 1 saturated carbocycles. The third-order valence-electron chi connectivity index (χ3n) is 6.38. The molecule has 2 N–H and O–H groups in total. The molecule has 2 aliphatic rings. The molecule has 2 unspecified atom stereocenters. The molecule has 1 aliphatic heterocycles. The van der Waals surface area contributed by atoms with Gasteiger partial charge in [0.2, 0.25) is 0 Å². The van der Waals surface area contributed by atoms with Gasteiger partial charge in [-0.2, -0.15) is 0 Å². The predicted octanol–water partition coefficient (Wildman–Crippen LogP) is 3.61. The molecule has 128 valence electrons. The van der Waals surface area contributed by atoms with Crippen molar-refractivity contribution < 1.29 is 4.43 Å². The Morgan fingerprint density at radius 2 is 1.83 bits per heavy atom. The summed E-state index contributed by atoms with van der Waals surface area (Å²) >= 11 is 0. The van der Waals surface area contributed by atoms with Crippen molar-refractivity contribution in [3.05, 3.63) is 35.9 Å². The molecule has 1 aliphatic carbocycles. The summed E-state index contributed by atoms with van der Waals surface area (Å²) in [4.78, 5) is 2.51. The Labute approximate surface area is 142 Å². The Balaban J connectivity index is 1.61. The van der Waals surface area contributed by atoms with Crippen molar-refractivity contribution in [2.45, 2.75) is 57.4 Å². The molecule has 4 heteroatoms. The highest BCUT2D eigenvalue weighted by Gasteiger charge is 2.70. The van der Waals surface area contributed by atoms with Crippen molar-refractivity contribution >= 4 is 8.32 Å². The van der Waals surface area contributed by atoms with Crippen LogP contribution in [0.3, 0.4) is 0 Å². The van der Waals surface area contributed by atoms with Crippen LogP contribution in [0, 0.1) is 5.41 Å². The standard InChI is InChI=1S/C19H32N2OSi/c1-17(2,3)23(4,5)22-15-18-12-19(18,20)14-21(13-18)11-16-9-7-6-8-10-16/h6-10H,11-15,20H2,1-5H3. The van der Waals surface area contributed by atoms with Crippen molar-refractivity contribution in [2.75, 3.05) is 19.7 Å². The lowest BCUT2D eigenvalue weighted by molar-refractivity contribution is 0.186. The minimum absolute atomic E-state index is 0.0237. The molecule has 3 rings (SSSR count). The fourth-order valence-corrected chi connectivity index (χ4v) is 4.68. The lowest BCUT2D eigenvalue weighted by Crippen LogP contribution is -2.44. The highest BCUT2D eigenvalue weighted by molar-refractivity contribution is 6.74. The second-order valence-corrected chi connectivity index (χ2v) is 14.1. The maximum absolute atomic E-state index is 6.66. The zero-order chi connectivity index (χ0) is 16.9. The number of likely N-dealkylation sites (tertiary alicyclic amines) is 1. The molecule has 0 bridgehead atoms. The minimum atomic E-state index is -1.70. The van der Waals surface area contributed by atoms with Gasteiger partial charge in [0.05, 0.1) is 0 Å². The second kappa shape index (κ2) is 5.41. The van der Waals surface area contributed by atoms with Crippen molar-refractivity contribution in [1.29, 1.82) is 0 Å². The van der Waals surface area contributed by atoms with E-state index in [4.69, 9.17) is 10.2 Å². The van der Waals surface area contributed by atoms with Crippen LogP contribution in [0.1, 0.15) is 32.8 Å². The fourth-order valence-electron chi connectivity index (χ4n) is 3.61. The zero-order valence-electron chi connectivity index (χ0n) is 15.4. The number of nitrogens with zero attached hydrogens (tertiary/aromatic N) is 1. The van der Waals surface area contributed by atoms with E-state index >= 15 is 0 Å². The normalized spacial score (nSPS) is 31.2. The van der Waals surface area contributed by atoms with Crippen LogP contribution in [-0.4, -0.2) is 38.5 Å². The molecule has 2 fully saturated rings. The third-order valence-corrected chi connectivity index (χ3v) is 10.9. The summed E-state index contributed by atoms with van der Waals surface area (Å²) in [7, 11) is -1.70. The molecule has 1 saturated heterocycles. The minimum Gasteiger partial charge on any atom is -0.416 e. The Morgan fingerprint density at radius 1 is 1.17 bits per heavy atom. The first-order valence-corrected chi connectivity index (χ1v) is 11.7. The summed E-state index contributed by atoms with van der Waals surface area (Å²) in [5.41, 5.74) is 8.20.